The van der Waals surface area contributed by atoms with E-state index in [0.717, 1.165) is 35.2 Å². The molecule has 0 atom stereocenters. The maximum atomic E-state index is 5.35. The van der Waals surface area contributed by atoms with Crippen molar-refractivity contribution in [1.29, 1.82) is 0 Å². The molecular weight excluding hydrogens is 314 g/mol. The van der Waals surface area contributed by atoms with Crippen molar-refractivity contribution in [2.75, 3.05) is 5.75 Å². The number of benzene rings is 1. The third kappa shape index (κ3) is 3.51. The molecule has 3 aromatic rings. The molecule has 0 saturated carbocycles. The first-order valence-electron chi connectivity index (χ1n) is 7.07. The van der Waals surface area contributed by atoms with Gasteiger partial charge in [0.2, 0.25) is 0 Å². The van der Waals surface area contributed by atoms with Crippen LogP contribution in [0.2, 0.25) is 0 Å². The highest BCUT2D eigenvalue weighted by Gasteiger charge is 2.08. The van der Waals surface area contributed by atoms with Crippen LogP contribution in [-0.2, 0) is 12.2 Å². The summed E-state index contributed by atoms with van der Waals surface area (Å²) < 4.78 is 7.97. The third-order valence-corrected chi connectivity index (χ3v) is 4.58. The van der Waals surface area contributed by atoms with Crippen LogP contribution < -0.4 is 0 Å². The van der Waals surface area contributed by atoms with Crippen molar-refractivity contribution in [3.63, 3.8) is 0 Å². The van der Waals surface area contributed by atoms with Crippen LogP contribution in [0.3, 0.4) is 0 Å². The zero-order valence-corrected chi connectivity index (χ0v) is 13.9. The van der Waals surface area contributed by atoms with E-state index < -0.39 is 0 Å². The van der Waals surface area contributed by atoms with E-state index in [1.807, 2.05) is 28.5 Å². The van der Waals surface area contributed by atoms with Gasteiger partial charge in [-0.2, -0.15) is 16.9 Å². The molecule has 0 aliphatic rings. The minimum Gasteiger partial charge on any atom is -0.468 e. The van der Waals surface area contributed by atoms with Crippen LogP contribution in [0.1, 0.15) is 17.1 Å². The Hall–Kier alpha value is -1.79. The van der Waals surface area contributed by atoms with Gasteiger partial charge in [-0.3, -0.25) is 9.67 Å². The van der Waals surface area contributed by atoms with E-state index in [4.69, 9.17) is 16.6 Å². The largest absolute Gasteiger partial charge is 0.468 e. The maximum Gasteiger partial charge on any atom is 0.199 e. The lowest BCUT2D eigenvalue weighted by molar-refractivity contribution is 0.530. The van der Waals surface area contributed by atoms with Gasteiger partial charge in [0, 0.05) is 17.9 Å². The van der Waals surface area contributed by atoms with Crippen molar-refractivity contribution < 1.29 is 4.42 Å². The van der Waals surface area contributed by atoms with Gasteiger partial charge in [0.25, 0.3) is 0 Å². The van der Waals surface area contributed by atoms with Gasteiger partial charge in [-0.25, -0.2) is 0 Å². The summed E-state index contributed by atoms with van der Waals surface area (Å²) in [6, 6.07) is 12.2. The summed E-state index contributed by atoms with van der Waals surface area (Å²) in [6.07, 6.45) is 2.56. The summed E-state index contributed by atoms with van der Waals surface area (Å²) in [5.74, 6) is 3.80. The lowest BCUT2D eigenvalue weighted by Gasteiger charge is -2.07. The zero-order valence-electron chi connectivity index (χ0n) is 12.3. The number of hydrogen-bond acceptors (Lipinski definition) is 4. The molecule has 0 fully saturated rings. The molecule has 0 unspecified atom stereocenters. The van der Waals surface area contributed by atoms with Gasteiger partial charge >= 0.3 is 0 Å². The van der Waals surface area contributed by atoms with Crippen LogP contribution in [-0.4, -0.2) is 20.5 Å². The molecule has 0 radical (unpaired) electrons. The molecule has 22 heavy (non-hydrogen) atoms. The molecule has 2 aromatic heterocycles. The van der Waals surface area contributed by atoms with E-state index in [2.05, 4.69) is 41.4 Å². The predicted octanol–water partition coefficient (Wildman–Crippen LogP) is 4.31. The Morgan fingerprint density at radius 3 is 2.82 bits per heavy atom. The Bertz CT molecular complexity index is 773. The standard InChI is InChI=1S/C16H17N3OS2/c1-12-4-6-13(7-5-12)19-15(17-18-16(19)21)8-10-22-11-14-3-2-9-20-14/h2-7,9H,8,10-11H2,1H3,(H,18,21). The smallest absolute Gasteiger partial charge is 0.199 e. The number of aromatic nitrogens is 3. The highest BCUT2D eigenvalue weighted by atomic mass is 32.2. The molecule has 3 rings (SSSR count). The highest BCUT2D eigenvalue weighted by Crippen LogP contribution is 2.16. The molecule has 4 nitrogen and oxygen atoms in total. The van der Waals surface area contributed by atoms with Crippen LogP contribution in [0.25, 0.3) is 5.69 Å². The number of furan rings is 1. The first-order chi connectivity index (χ1) is 10.7. The summed E-state index contributed by atoms with van der Waals surface area (Å²) in [5, 5.41) is 7.25. The molecule has 0 aliphatic carbocycles. The molecule has 1 N–H and O–H groups in total. The summed E-state index contributed by atoms with van der Waals surface area (Å²) >= 11 is 7.18. The van der Waals surface area contributed by atoms with Crippen LogP contribution in [0.5, 0.6) is 0 Å². The molecule has 6 heteroatoms. The second-order valence-electron chi connectivity index (χ2n) is 5.00. The van der Waals surface area contributed by atoms with Crippen molar-refractivity contribution in [2.24, 2.45) is 0 Å². The highest BCUT2D eigenvalue weighted by molar-refractivity contribution is 7.98. The van der Waals surface area contributed by atoms with Crippen molar-refractivity contribution in [3.05, 3.63) is 64.6 Å². The van der Waals surface area contributed by atoms with Gasteiger partial charge in [0.15, 0.2) is 4.77 Å². The molecule has 0 spiro atoms. The summed E-state index contributed by atoms with van der Waals surface area (Å²) in [7, 11) is 0. The molecule has 0 amide bonds. The average molecular weight is 331 g/mol. The number of aromatic amines is 1. The molecular formula is C16H17N3OS2. The molecule has 114 valence electrons. The predicted molar refractivity (Wildman–Crippen MR) is 92.1 cm³/mol. The number of rotatable bonds is 6. The second-order valence-corrected chi connectivity index (χ2v) is 6.49. The number of nitrogens with one attached hydrogen (secondary N) is 1. The van der Waals surface area contributed by atoms with Gasteiger partial charge in [-0.05, 0) is 43.4 Å². The van der Waals surface area contributed by atoms with Gasteiger partial charge in [-0.1, -0.05) is 17.7 Å². The fourth-order valence-corrected chi connectivity index (χ4v) is 3.28. The average Bonchev–Trinajstić information content (AvgIpc) is 3.15. The first kappa shape index (κ1) is 15.1. The summed E-state index contributed by atoms with van der Waals surface area (Å²) in [6.45, 7) is 2.07. The van der Waals surface area contributed by atoms with E-state index in [1.165, 1.54) is 5.56 Å². The Morgan fingerprint density at radius 2 is 2.09 bits per heavy atom. The quantitative estimate of drug-likeness (QED) is 0.540. The molecule has 0 aliphatic heterocycles. The minimum atomic E-state index is 0.634. The normalized spacial score (nSPS) is 11.0. The van der Waals surface area contributed by atoms with Crippen molar-refractivity contribution in [2.45, 2.75) is 19.1 Å². The summed E-state index contributed by atoms with van der Waals surface area (Å²) in [5.41, 5.74) is 2.28. The second kappa shape index (κ2) is 6.98. The van der Waals surface area contributed by atoms with E-state index >= 15 is 0 Å². The van der Waals surface area contributed by atoms with Gasteiger partial charge in [0.1, 0.15) is 11.6 Å². The molecule has 1 aromatic carbocycles. The van der Waals surface area contributed by atoms with Crippen molar-refractivity contribution >= 4 is 24.0 Å². The van der Waals surface area contributed by atoms with Gasteiger partial charge < -0.3 is 4.42 Å². The van der Waals surface area contributed by atoms with Crippen molar-refractivity contribution in [1.82, 2.24) is 14.8 Å². The minimum absolute atomic E-state index is 0.634. The lowest BCUT2D eigenvalue weighted by atomic mass is 10.2. The van der Waals surface area contributed by atoms with Crippen LogP contribution in [0, 0.1) is 11.7 Å². The lowest BCUT2D eigenvalue weighted by Crippen LogP contribution is -2.03. The first-order valence-corrected chi connectivity index (χ1v) is 8.64. The third-order valence-electron chi connectivity index (χ3n) is 3.33. The SMILES string of the molecule is Cc1ccc(-n2c(CCSCc3ccco3)n[nH]c2=S)cc1. The number of thioether (sulfide) groups is 1. The van der Waals surface area contributed by atoms with Crippen LogP contribution in [0.4, 0.5) is 0 Å². The zero-order chi connectivity index (χ0) is 15.4. The number of H-pyrrole nitrogens is 1. The Kier molecular flexibility index (Phi) is 4.80. The summed E-state index contributed by atoms with van der Waals surface area (Å²) in [4.78, 5) is 0. The van der Waals surface area contributed by atoms with Gasteiger partial charge in [-0.15, -0.1) is 0 Å². The monoisotopic (exact) mass is 331 g/mol. The molecule has 0 saturated heterocycles. The molecule has 2 heterocycles. The van der Waals surface area contributed by atoms with E-state index in [0.29, 0.717) is 4.77 Å². The maximum absolute atomic E-state index is 5.35. The van der Waals surface area contributed by atoms with E-state index in [1.54, 1.807) is 6.26 Å². The van der Waals surface area contributed by atoms with E-state index in [-0.39, 0.29) is 0 Å². The fraction of sp³-hybridized carbons (Fsp3) is 0.250. The fourth-order valence-electron chi connectivity index (χ4n) is 2.19. The van der Waals surface area contributed by atoms with Gasteiger partial charge in [0.05, 0.1) is 12.0 Å². The number of nitrogens with zero attached hydrogens (tertiary/aromatic N) is 2. The van der Waals surface area contributed by atoms with Crippen molar-refractivity contribution in [3.8, 4) is 5.69 Å². The van der Waals surface area contributed by atoms with Crippen LogP contribution >= 0.6 is 24.0 Å². The number of hydrogen-bond donors (Lipinski definition) is 1. The Balaban J connectivity index is 1.67. The topological polar surface area (TPSA) is 46.8 Å². The Labute approximate surface area is 138 Å². The number of aryl methyl sites for hydroxylation is 2. The Morgan fingerprint density at radius 1 is 1.27 bits per heavy atom. The van der Waals surface area contributed by atoms with E-state index in [9.17, 15) is 0 Å². The van der Waals surface area contributed by atoms with Crippen LogP contribution in [0.15, 0.2) is 47.1 Å². The molecule has 0 bridgehead atoms.